The lowest BCUT2D eigenvalue weighted by Crippen LogP contribution is -2.43. The van der Waals surface area contributed by atoms with Gasteiger partial charge in [-0.3, -0.25) is 14.5 Å². The first-order chi connectivity index (χ1) is 12.4. The van der Waals surface area contributed by atoms with Gasteiger partial charge in [-0.1, -0.05) is 12.1 Å². The van der Waals surface area contributed by atoms with Crippen LogP contribution in [0.4, 0.5) is 4.79 Å². The van der Waals surface area contributed by atoms with Crippen molar-refractivity contribution in [1.82, 2.24) is 15.5 Å². The minimum Gasteiger partial charge on any atom is -0.497 e. The molecule has 0 radical (unpaired) electrons. The third kappa shape index (κ3) is 3.26. The predicted octanol–water partition coefficient (Wildman–Crippen LogP) is 1.37. The number of carbonyl (C=O) groups is 3. The number of urea groups is 1. The number of hydrogen-bond donors (Lipinski definition) is 2. The number of carbonyl (C=O) groups excluding carboxylic acids is 3. The van der Waals surface area contributed by atoms with Gasteiger partial charge in [-0.2, -0.15) is 0 Å². The molecule has 1 aromatic heterocycles. The minimum atomic E-state index is -1.23. The Kier molecular flexibility index (Phi) is 4.66. The lowest BCUT2D eigenvalue weighted by Gasteiger charge is -2.22. The molecule has 1 aliphatic rings. The molecule has 4 amide bonds. The van der Waals surface area contributed by atoms with Crippen molar-refractivity contribution < 1.29 is 23.5 Å². The number of imide groups is 1. The second kappa shape index (κ2) is 6.91. The van der Waals surface area contributed by atoms with Gasteiger partial charge in [0.05, 0.1) is 19.6 Å². The van der Waals surface area contributed by atoms with E-state index in [0.29, 0.717) is 11.3 Å². The Morgan fingerprint density at radius 2 is 2.00 bits per heavy atom. The van der Waals surface area contributed by atoms with Crippen LogP contribution in [0.3, 0.4) is 0 Å². The summed E-state index contributed by atoms with van der Waals surface area (Å²) in [5, 5.41) is 5.31. The van der Waals surface area contributed by atoms with Gasteiger partial charge in [-0.15, -0.1) is 0 Å². The van der Waals surface area contributed by atoms with Crippen molar-refractivity contribution in [3.8, 4) is 5.75 Å². The van der Waals surface area contributed by atoms with E-state index in [1.165, 1.54) is 12.5 Å². The Hall–Kier alpha value is -3.29. The highest BCUT2D eigenvalue weighted by Gasteiger charge is 2.49. The van der Waals surface area contributed by atoms with E-state index < -0.39 is 23.4 Å². The molecule has 1 fully saturated rings. The molecule has 26 heavy (non-hydrogen) atoms. The molecule has 2 N–H and O–H groups in total. The molecule has 1 saturated heterocycles. The van der Waals surface area contributed by atoms with Crippen LogP contribution in [0.25, 0.3) is 0 Å². The van der Waals surface area contributed by atoms with E-state index in [2.05, 4.69) is 10.6 Å². The molecule has 136 valence electrons. The summed E-state index contributed by atoms with van der Waals surface area (Å²) in [5.74, 6) is -0.274. The van der Waals surface area contributed by atoms with Crippen LogP contribution in [0.15, 0.2) is 47.3 Å². The van der Waals surface area contributed by atoms with Gasteiger partial charge in [0, 0.05) is 12.1 Å². The van der Waals surface area contributed by atoms with Crippen molar-refractivity contribution in [3.63, 3.8) is 0 Å². The van der Waals surface area contributed by atoms with Crippen LogP contribution in [0.2, 0.25) is 0 Å². The fourth-order valence-electron chi connectivity index (χ4n) is 2.75. The number of methoxy groups -OCH3 is 1. The zero-order chi connectivity index (χ0) is 18.7. The molecule has 0 spiro atoms. The summed E-state index contributed by atoms with van der Waals surface area (Å²) in [6, 6.07) is 7.95. The molecule has 8 nitrogen and oxygen atoms in total. The zero-order valence-electron chi connectivity index (χ0n) is 14.4. The summed E-state index contributed by atoms with van der Waals surface area (Å²) in [7, 11) is 1.54. The first-order valence-corrected chi connectivity index (χ1v) is 8.00. The lowest BCUT2D eigenvalue weighted by molar-refractivity contribution is -0.134. The number of nitrogens with zero attached hydrogens (tertiary/aromatic N) is 1. The Bertz CT molecular complexity index is 816. The quantitative estimate of drug-likeness (QED) is 0.761. The Morgan fingerprint density at radius 1 is 1.27 bits per heavy atom. The highest BCUT2D eigenvalue weighted by atomic mass is 16.5. The number of amides is 4. The van der Waals surface area contributed by atoms with Crippen molar-refractivity contribution in [2.24, 2.45) is 0 Å². The Labute approximate surface area is 150 Å². The van der Waals surface area contributed by atoms with Crippen LogP contribution in [0.5, 0.6) is 5.75 Å². The first kappa shape index (κ1) is 17.5. The molecule has 0 aliphatic carbocycles. The van der Waals surface area contributed by atoms with Crippen LogP contribution in [0.1, 0.15) is 18.1 Å². The molecular formula is C18H19N3O5. The molecule has 2 heterocycles. The van der Waals surface area contributed by atoms with Crippen LogP contribution < -0.4 is 15.4 Å². The summed E-state index contributed by atoms with van der Waals surface area (Å²) >= 11 is 0. The third-order valence-corrected chi connectivity index (χ3v) is 4.31. The van der Waals surface area contributed by atoms with Gasteiger partial charge >= 0.3 is 6.03 Å². The molecule has 2 aromatic rings. The summed E-state index contributed by atoms with van der Waals surface area (Å²) in [6.07, 6.45) is 3.01. The smallest absolute Gasteiger partial charge is 0.325 e. The van der Waals surface area contributed by atoms with Gasteiger partial charge in [0.2, 0.25) is 5.91 Å². The second-order valence-corrected chi connectivity index (χ2v) is 6.08. The molecular weight excluding hydrogens is 338 g/mol. The van der Waals surface area contributed by atoms with Crippen molar-refractivity contribution in [3.05, 3.63) is 54.0 Å². The van der Waals surface area contributed by atoms with Crippen LogP contribution in [-0.2, 0) is 21.7 Å². The maximum absolute atomic E-state index is 12.8. The normalized spacial score (nSPS) is 19.4. The number of rotatable bonds is 6. The van der Waals surface area contributed by atoms with Crippen molar-refractivity contribution in [1.29, 1.82) is 0 Å². The van der Waals surface area contributed by atoms with Gasteiger partial charge in [0.1, 0.15) is 17.8 Å². The average molecular weight is 357 g/mol. The van der Waals surface area contributed by atoms with E-state index >= 15 is 0 Å². The fraction of sp³-hybridized carbons (Fsp3) is 0.278. The number of furan rings is 1. The van der Waals surface area contributed by atoms with E-state index in [0.717, 1.165) is 10.5 Å². The zero-order valence-corrected chi connectivity index (χ0v) is 14.4. The topological polar surface area (TPSA) is 101 Å². The standard InChI is InChI=1S/C18H19N3O5/c1-18(13-3-5-14(25-2)6-4-13)16(23)21(17(24)20-18)10-15(22)19-9-12-7-8-26-11-12/h3-8,11H,9-10H2,1-2H3,(H,19,22)(H,20,24). The number of hydrogen-bond acceptors (Lipinski definition) is 5. The average Bonchev–Trinajstić information content (AvgIpc) is 3.23. The van der Waals surface area contributed by atoms with E-state index in [1.807, 2.05) is 0 Å². The van der Waals surface area contributed by atoms with Crippen molar-refractivity contribution in [2.45, 2.75) is 19.0 Å². The van der Waals surface area contributed by atoms with Crippen LogP contribution >= 0.6 is 0 Å². The maximum atomic E-state index is 12.8. The SMILES string of the molecule is COc1ccc(C2(C)NC(=O)N(CC(=O)NCc3ccoc3)C2=O)cc1. The monoisotopic (exact) mass is 357 g/mol. The van der Waals surface area contributed by atoms with Gasteiger partial charge < -0.3 is 19.8 Å². The molecule has 0 saturated carbocycles. The molecule has 1 aliphatic heterocycles. The minimum absolute atomic E-state index is 0.259. The van der Waals surface area contributed by atoms with E-state index in [1.54, 1.807) is 44.4 Å². The van der Waals surface area contributed by atoms with E-state index in [4.69, 9.17) is 9.15 Å². The number of benzene rings is 1. The summed E-state index contributed by atoms with van der Waals surface area (Å²) < 4.78 is 10.0. The molecule has 0 bridgehead atoms. The number of ether oxygens (including phenoxy) is 1. The Morgan fingerprint density at radius 3 is 2.62 bits per heavy atom. The van der Waals surface area contributed by atoms with E-state index in [-0.39, 0.29) is 13.1 Å². The highest BCUT2D eigenvalue weighted by Crippen LogP contribution is 2.29. The second-order valence-electron chi connectivity index (χ2n) is 6.08. The van der Waals surface area contributed by atoms with Crippen LogP contribution in [0, 0.1) is 0 Å². The van der Waals surface area contributed by atoms with Gasteiger partial charge in [-0.25, -0.2) is 4.79 Å². The maximum Gasteiger partial charge on any atom is 0.325 e. The molecule has 1 atom stereocenters. The van der Waals surface area contributed by atoms with Crippen LogP contribution in [-0.4, -0.2) is 36.4 Å². The molecule has 1 unspecified atom stereocenters. The van der Waals surface area contributed by atoms with Crippen molar-refractivity contribution >= 4 is 17.8 Å². The summed E-state index contributed by atoms with van der Waals surface area (Å²) in [4.78, 5) is 38.0. The van der Waals surface area contributed by atoms with Gasteiger partial charge in [0.15, 0.2) is 0 Å². The Balaban J connectivity index is 1.68. The third-order valence-electron chi connectivity index (χ3n) is 4.31. The van der Waals surface area contributed by atoms with Crippen molar-refractivity contribution in [2.75, 3.05) is 13.7 Å². The fourth-order valence-corrected chi connectivity index (χ4v) is 2.75. The lowest BCUT2D eigenvalue weighted by atomic mass is 9.92. The predicted molar refractivity (Wildman–Crippen MR) is 91.1 cm³/mol. The highest BCUT2D eigenvalue weighted by molar-refractivity contribution is 6.09. The largest absolute Gasteiger partial charge is 0.497 e. The van der Waals surface area contributed by atoms with E-state index in [9.17, 15) is 14.4 Å². The molecule has 1 aromatic carbocycles. The number of nitrogens with one attached hydrogen (secondary N) is 2. The van der Waals surface area contributed by atoms with Gasteiger partial charge in [0.25, 0.3) is 5.91 Å². The first-order valence-electron chi connectivity index (χ1n) is 8.00. The summed E-state index contributed by atoms with van der Waals surface area (Å²) in [5.41, 5.74) is 0.172. The molecule has 3 rings (SSSR count). The van der Waals surface area contributed by atoms with Gasteiger partial charge in [-0.05, 0) is 30.7 Å². The summed E-state index contributed by atoms with van der Waals surface area (Å²) in [6.45, 7) is 1.52. The molecule has 8 heteroatoms.